The zero-order valence-corrected chi connectivity index (χ0v) is 11.5. The van der Waals surface area contributed by atoms with Gasteiger partial charge >= 0.3 is 11.1 Å². The Morgan fingerprint density at radius 3 is 2.70 bits per heavy atom. The van der Waals surface area contributed by atoms with Gasteiger partial charge in [-0.15, -0.1) is 0 Å². The summed E-state index contributed by atoms with van der Waals surface area (Å²) in [7, 11) is 1.58. The Morgan fingerprint density at radius 1 is 1.40 bits per heavy atom. The molecule has 2 aromatic rings. The van der Waals surface area contributed by atoms with Gasteiger partial charge in [-0.25, -0.2) is 4.39 Å². The maximum Gasteiger partial charge on any atom is 0.339 e. The van der Waals surface area contributed by atoms with Crippen molar-refractivity contribution in [2.75, 3.05) is 5.75 Å². The predicted octanol–water partition coefficient (Wildman–Crippen LogP) is 0.400. The standard InChI is InChI=1S/C12H13FN4O2S/c1-17-12(15-10(18)11(19)16-17)20-6-9(14)7-2-4-8(13)5-3-7/h2-5,9H,6,14H2,1H3,(H,16,19). The van der Waals surface area contributed by atoms with E-state index in [0.29, 0.717) is 10.9 Å². The minimum atomic E-state index is -0.832. The normalized spacial score (nSPS) is 12.3. The highest BCUT2D eigenvalue weighted by Crippen LogP contribution is 2.20. The molecule has 106 valence electrons. The van der Waals surface area contributed by atoms with E-state index in [2.05, 4.69) is 10.1 Å². The maximum absolute atomic E-state index is 12.8. The summed E-state index contributed by atoms with van der Waals surface area (Å²) in [4.78, 5) is 25.9. The van der Waals surface area contributed by atoms with Crippen molar-refractivity contribution < 1.29 is 4.39 Å². The van der Waals surface area contributed by atoms with E-state index >= 15 is 0 Å². The molecule has 0 aliphatic heterocycles. The van der Waals surface area contributed by atoms with Gasteiger partial charge in [0.1, 0.15) is 5.82 Å². The van der Waals surface area contributed by atoms with Gasteiger partial charge in [-0.1, -0.05) is 23.9 Å². The number of hydrogen-bond acceptors (Lipinski definition) is 5. The van der Waals surface area contributed by atoms with Gasteiger partial charge in [-0.05, 0) is 17.7 Å². The Kier molecular flexibility index (Phi) is 4.35. The molecule has 6 nitrogen and oxygen atoms in total. The van der Waals surface area contributed by atoms with E-state index in [1.54, 1.807) is 19.2 Å². The molecule has 2 rings (SSSR count). The summed E-state index contributed by atoms with van der Waals surface area (Å²) in [5.74, 6) is 0.121. The third kappa shape index (κ3) is 3.34. The second-order valence-electron chi connectivity index (χ2n) is 4.17. The molecule has 0 aliphatic rings. The SMILES string of the molecule is Cn1[nH]c(=O)c(=O)nc1SCC(N)c1ccc(F)cc1. The Balaban J connectivity index is 2.09. The highest BCUT2D eigenvalue weighted by Gasteiger charge is 2.10. The van der Waals surface area contributed by atoms with E-state index in [0.717, 1.165) is 5.56 Å². The summed E-state index contributed by atoms with van der Waals surface area (Å²) < 4.78 is 14.2. The molecule has 0 amide bonds. The van der Waals surface area contributed by atoms with E-state index in [-0.39, 0.29) is 11.9 Å². The molecule has 20 heavy (non-hydrogen) atoms. The number of thioether (sulfide) groups is 1. The van der Waals surface area contributed by atoms with Gasteiger partial charge in [-0.3, -0.25) is 19.4 Å². The van der Waals surface area contributed by atoms with Crippen molar-refractivity contribution in [2.24, 2.45) is 12.8 Å². The Morgan fingerprint density at radius 2 is 2.05 bits per heavy atom. The van der Waals surface area contributed by atoms with E-state index in [4.69, 9.17) is 5.73 Å². The lowest BCUT2D eigenvalue weighted by Gasteiger charge is -2.12. The van der Waals surface area contributed by atoms with E-state index < -0.39 is 11.1 Å². The van der Waals surface area contributed by atoms with Crippen molar-refractivity contribution in [3.05, 3.63) is 56.4 Å². The van der Waals surface area contributed by atoms with Crippen LogP contribution in [-0.4, -0.2) is 20.5 Å². The van der Waals surface area contributed by atoms with Gasteiger partial charge in [0.2, 0.25) is 0 Å². The zero-order chi connectivity index (χ0) is 14.7. The fourth-order valence-electron chi connectivity index (χ4n) is 1.56. The van der Waals surface area contributed by atoms with E-state index in [1.807, 2.05) is 0 Å². The van der Waals surface area contributed by atoms with Gasteiger partial charge in [0.25, 0.3) is 0 Å². The van der Waals surface area contributed by atoms with Crippen LogP contribution in [0.1, 0.15) is 11.6 Å². The number of benzene rings is 1. The van der Waals surface area contributed by atoms with Crippen LogP contribution in [0.4, 0.5) is 4.39 Å². The molecule has 1 aromatic carbocycles. The molecule has 0 spiro atoms. The number of aromatic amines is 1. The monoisotopic (exact) mass is 296 g/mol. The van der Waals surface area contributed by atoms with E-state index in [9.17, 15) is 14.0 Å². The number of rotatable bonds is 4. The summed E-state index contributed by atoms with van der Waals surface area (Å²) >= 11 is 1.24. The molecule has 1 heterocycles. The summed E-state index contributed by atoms with van der Waals surface area (Å²) in [6.45, 7) is 0. The minimum absolute atomic E-state index is 0.321. The van der Waals surface area contributed by atoms with Crippen LogP contribution in [0.5, 0.6) is 0 Å². The summed E-state index contributed by atoms with van der Waals surface area (Å²) in [5.41, 5.74) is 5.17. The number of aryl methyl sites for hydroxylation is 1. The number of nitrogens with one attached hydrogen (secondary N) is 1. The first-order chi connectivity index (χ1) is 9.47. The number of hydrogen-bond donors (Lipinski definition) is 2. The first kappa shape index (κ1) is 14.5. The van der Waals surface area contributed by atoms with E-state index in [1.165, 1.54) is 28.6 Å². The lowest BCUT2D eigenvalue weighted by molar-refractivity contribution is 0.595. The number of nitrogens with zero attached hydrogens (tertiary/aromatic N) is 2. The lowest BCUT2D eigenvalue weighted by Crippen LogP contribution is -2.34. The molecule has 0 saturated heterocycles. The smallest absolute Gasteiger partial charge is 0.323 e. The molecule has 0 radical (unpaired) electrons. The van der Waals surface area contributed by atoms with Crippen LogP contribution >= 0.6 is 11.8 Å². The molecule has 1 aromatic heterocycles. The lowest BCUT2D eigenvalue weighted by atomic mass is 10.1. The van der Waals surface area contributed by atoms with Crippen molar-refractivity contribution in [1.29, 1.82) is 0 Å². The quantitative estimate of drug-likeness (QED) is 0.629. The highest BCUT2D eigenvalue weighted by molar-refractivity contribution is 7.99. The van der Waals surface area contributed by atoms with Gasteiger partial charge in [0.15, 0.2) is 5.16 Å². The van der Waals surface area contributed by atoms with Crippen molar-refractivity contribution in [3.8, 4) is 0 Å². The van der Waals surface area contributed by atoms with Crippen LogP contribution in [0.3, 0.4) is 0 Å². The van der Waals surface area contributed by atoms with Crippen molar-refractivity contribution in [1.82, 2.24) is 14.8 Å². The largest absolute Gasteiger partial charge is 0.339 e. The Hall–Kier alpha value is -1.93. The number of nitrogens with two attached hydrogens (primary N) is 1. The molecule has 3 N–H and O–H groups in total. The first-order valence-corrected chi connectivity index (χ1v) is 6.77. The molecule has 1 atom stereocenters. The fraction of sp³-hybridized carbons (Fsp3) is 0.250. The van der Waals surface area contributed by atoms with Gasteiger partial charge in [0, 0.05) is 18.8 Å². The maximum atomic E-state index is 12.8. The molecule has 1 unspecified atom stereocenters. The molecule has 8 heteroatoms. The molecular formula is C12H13FN4O2S. The summed E-state index contributed by atoms with van der Waals surface area (Å²) in [5, 5.41) is 2.72. The van der Waals surface area contributed by atoms with Crippen molar-refractivity contribution in [2.45, 2.75) is 11.2 Å². The molecule has 0 saturated carbocycles. The molecule has 0 fully saturated rings. The van der Waals surface area contributed by atoms with Crippen LogP contribution in [0.15, 0.2) is 39.0 Å². The topological polar surface area (TPSA) is 93.8 Å². The van der Waals surface area contributed by atoms with Crippen molar-refractivity contribution in [3.63, 3.8) is 0 Å². The summed E-state index contributed by atoms with van der Waals surface area (Å²) in [6, 6.07) is 5.58. The molecule has 0 bridgehead atoms. The number of aromatic nitrogens is 3. The third-order valence-corrected chi connectivity index (χ3v) is 3.79. The third-order valence-electron chi connectivity index (χ3n) is 2.64. The van der Waals surface area contributed by atoms with Crippen LogP contribution in [-0.2, 0) is 7.05 Å². The molecule has 0 aliphatic carbocycles. The zero-order valence-electron chi connectivity index (χ0n) is 10.7. The highest BCUT2D eigenvalue weighted by atomic mass is 32.2. The van der Waals surface area contributed by atoms with Crippen molar-refractivity contribution >= 4 is 11.8 Å². The summed E-state index contributed by atoms with van der Waals surface area (Å²) in [6.07, 6.45) is 0. The van der Waals surface area contributed by atoms with Gasteiger partial charge in [-0.2, -0.15) is 4.98 Å². The second-order valence-corrected chi connectivity index (χ2v) is 5.16. The number of H-pyrrole nitrogens is 1. The van der Waals surface area contributed by atoms with Crippen LogP contribution < -0.4 is 16.9 Å². The van der Waals surface area contributed by atoms with Gasteiger partial charge in [0.05, 0.1) is 0 Å². The average molecular weight is 296 g/mol. The van der Waals surface area contributed by atoms with Crippen LogP contribution in [0.25, 0.3) is 0 Å². The second kappa shape index (κ2) is 6.02. The van der Waals surface area contributed by atoms with Crippen LogP contribution in [0.2, 0.25) is 0 Å². The fourth-order valence-corrected chi connectivity index (χ4v) is 2.47. The van der Waals surface area contributed by atoms with Gasteiger partial charge < -0.3 is 5.73 Å². The minimum Gasteiger partial charge on any atom is -0.323 e. The predicted molar refractivity (Wildman–Crippen MR) is 74.2 cm³/mol. The Bertz CT molecular complexity index is 711. The van der Waals surface area contributed by atoms with Crippen LogP contribution in [0, 0.1) is 5.82 Å². The first-order valence-electron chi connectivity index (χ1n) is 5.78. The Labute approximate surface area is 117 Å². The number of halogens is 1. The molecular weight excluding hydrogens is 283 g/mol. The average Bonchev–Trinajstić information content (AvgIpc) is 2.42.